The van der Waals surface area contributed by atoms with Crippen molar-refractivity contribution in [3.05, 3.63) is 27.9 Å². The van der Waals surface area contributed by atoms with Crippen molar-refractivity contribution >= 4 is 17.9 Å². The van der Waals surface area contributed by atoms with Gasteiger partial charge in [-0.15, -0.1) is 0 Å². The summed E-state index contributed by atoms with van der Waals surface area (Å²) in [5.41, 5.74) is 0.950. The largest absolute Gasteiger partial charge is 0.439 e. The number of carbonyl (C=O) groups is 3. The van der Waals surface area contributed by atoms with E-state index in [1.165, 1.54) is 10.9 Å². The van der Waals surface area contributed by atoms with Gasteiger partial charge in [-0.05, 0) is 13.8 Å². The summed E-state index contributed by atoms with van der Waals surface area (Å²) < 4.78 is 5.94. The molecule has 9 heteroatoms. The number of carbonyl (C=O) groups excluding carboxylic acids is 3. The Balaban J connectivity index is 1.54. The van der Waals surface area contributed by atoms with Crippen LogP contribution in [-0.4, -0.2) is 63.5 Å². The molecule has 0 unspecified atom stereocenters. The van der Waals surface area contributed by atoms with Crippen LogP contribution in [0, 0.1) is 19.8 Å². The maximum absolute atomic E-state index is 12.2. The average molecular weight is 334 g/mol. The lowest BCUT2D eigenvalue weighted by molar-refractivity contribution is -0.139. The van der Waals surface area contributed by atoms with Gasteiger partial charge in [-0.25, -0.2) is 14.7 Å². The van der Waals surface area contributed by atoms with Gasteiger partial charge in [0.25, 0.3) is 11.5 Å². The van der Waals surface area contributed by atoms with Crippen molar-refractivity contribution in [3.8, 4) is 0 Å². The molecule has 3 rings (SSSR count). The van der Waals surface area contributed by atoms with Crippen LogP contribution in [0.25, 0.3) is 0 Å². The Hall–Kier alpha value is -2.71. The maximum atomic E-state index is 12.2. The SMILES string of the molecule is Cc1ncn(CC(=O)N2CC(CN3C(=O)COC3=O)C2)c(=O)c1C. The molecule has 1 aromatic rings. The fourth-order valence-corrected chi connectivity index (χ4v) is 2.74. The van der Waals surface area contributed by atoms with Crippen molar-refractivity contribution in [1.82, 2.24) is 19.4 Å². The number of hydrogen-bond donors (Lipinski definition) is 0. The first kappa shape index (κ1) is 16.2. The Bertz CT molecular complexity index is 750. The number of cyclic esters (lactones) is 1. The van der Waals surface area contributed by atoms with Gasteiger partial charge in [0.05, 0.1) is 6.33 Å². The number of amides is 3. The molecule has 0 aromatic carbocycles. The molecule has 3 heterocycles. The van der Waals surface area contributed by atoms with E-state index in [0.717, 1.165) is 4.90 Å². The van der Waals surface area contributed by atoms with Gasteiger partial charge in [0, 0.05) is 36.8 Å². The van der Waals surface area contributed by atoms with Gasteiger partial charge in [-0.3, -0.25) is 19.0 Å². The summed E-state index contributed by atoms with van der Waals surface area (Å²) in [6, 6.07) is 0. The molecule has 2 saturated heterocycles. The van der Waals surface area contributed by atoms with Gasteiger partial charge >= 0.3 is 6.09 Å². The van der Waals surface area contributed by atoms with E-state index in [4.69, 9.17) is 0 Å². The minimum absolute atomic E-state index is 0.0400. The minimum Gasteiger partial charge on any atom is -0.439 e. The summed E-state index contributed by atoms with van der Waals surface area (Å²) >= 11 is 0. The first-order valence-electron chi connectivity index (χ1n) is 7.64. The molecule has 0 radical (unpaired) electrons. The molecule has 0 saturated carbocycles. The minimum atomic E-state index is -0.627. The Kier molecular flexibility index (Phi) is 4.08. The van der Waals surface area contributed by atoms with Crippen molar-refractivity contribution in [2.75, 3.05) is 26.2 Å². The van der Waals surface area contributed by atoms with Gasteiger partial charge < -0.3 is 9.64 Å². The van der Waals surface area contributed by atoms with Crippen LogP contribution >= 0.6 is 0 Å². The number of likely N-dealkylation sites (tertiary alicyclic amines) is 1. The molecule has 2 aliphatic heterocycles. The zero-order valence-electron chi connectivity index (χ0n) is 13.5. The highest BCUT2D eigenvalue weighted by Gasteiger charge is 2.38. The molecule has 0 N–H and O–H groups in total. The Morgan fingerprint density at radius 3 is 2.62 bits per heavy atom. The first-order chi connectivity index (χ1) is 11.4. The van der Waals surface area contributed by atoms with Gasteiger partial charge in [0.1, 0.15) is 6.54 Å². The number of nitrogens with zero attached hydrogens (tertiary/aromatic N) is 4. The molecule has 3 amide bonds. The quantitative estimate of drug-likeness (QED) is 0.721. The van der Waals surface area contributed by atoms with Crippen LogP contribution in [0.1, 0.15) is 11.3 Å². The van der Waals surface area contributed by atoms with Crippen molar-refractivity contribution in [2.24, 2.45) is 5.92 Å². The van der Waals surface area contributed by atoms with E-state index in [0.29, 0.717) is 24.3 Å². The molecule has 9 nitrogen and oxygen atoms in total. The normalized spacial score (nSPS) is 17.9. The molecule has 0 aliphatic carbocycles. The fourth-order valence-electron chi connectivity index (χ4n) is 2.74. The highest BCUT2D eigenvalue weighted by molar-refractivity contribution is 5.97. The van der Waals surface area contributed by atoms with Crippen LogP contribution in [0.15, 0.2) is 11.1 Å². The monoisotopic (exact) mass is 334 g/mol. The zero-order valence-corrected chi connectivity index (χ0v) is 13.5. The van der Waals surface area contributed by atoms with Crippen molar-refractivity contribution < 1.29 is 19.1 Å². The second-order valence-corrected chi connectivity index (χ2v) is 6.11. The standard InChI is InChI=1S/C15H18N4O5/c1-9-10(2)16-8-18(14(9)22)6-12(20)17-3-11(4-17)5-19-13(21)7-24-15(19)23/h8,11H,3-7H2,1-2H3. The molecule has 0 atom stereocenters. The van der Waals surface area contributed by atoms with Gasteiger partial charge in [0.15, 0.2) is 6.61 Å². The van der Waals surface area contributed by atoms with Gasteiger partial charge in [0.2, 0.25) is 5.91 Å². The highest BCUT2D eigenvalue weighted by Crippen LogP contribution is 2.19. The summed E-state index contributed by atoms with van der Waals surface area (Å²) in [6.45, 7) is 4.30. The summed E-state index contributed by atoms with van der Waals surface area (Å²) in [4.78, 5) is 53.9. The van der Waals surface area contributed by atoms with Gasteiger partial charge in [-0.2, -0.15) is 0 Å². The predicted octanol–water partition coefficient (Wildman–Crippen LogP) is -0.703. The van der Waals surface area contributed by atoms with Crippen LogP contribution in [0.3, 0.4) is 0 Å². The third kappa shape index (κ3) is 2.89. The number of rotatable bonds is 4. The fraction of sp³-hybridized carbons (Fsp3) is 0.533. The Labute approximate surface area is 137 Å². The van der Waals surface area contributed by atoms with Crippen LogP contribution in [-0.2, 0) is 20.9 Å². The second-order valence-electron chi connectivity index (χ2n) is 6.11. The summed E-state index contributed by atoms with van der Waals surface area (Å²) in [6.07, 6.45) is 0.746. The molecular formula is C15H18N4O5. The van der Waals surface area contributed by atoms with E-state index in [9.17, 15) is 19.2 Å². The van der Waals surface area contributed by atoms with Crippen LogP contribution in [0.5, 0.6) is 0 Å². The number of ether oxygens (including phenoxy) is 1. The van der Waals surface area contributed by atoms with Crippen molar-refractivity contribution in [2.45, 2.75) is 20.4 Å². The smallest absolute Gasteiger partial charge is 0.417 e. The van der Waals surface area contributed by atoms with Crippen molar-refractivity contribution in [1.29, 1.82) is 0 Å². The number of aryl methyl sites for hydroxylation is 1. The van der Waals surface area contributed by atoms with Gasteiger partial charge in [-0.1, -0.05) is 0 Å². The maximum Gasteiger partial charge on any atom is 0.417 e. The Morgan fingerprint density at radius 2 is 2.00 bits per heavy atom. The molecule has 24 heavy (non-hydrogen) atoms. The summed E-state index contributed by atoms with van der Waals surface area (Å²) in [7, 11) is 0. The topological polar surface area (TPSA) is 102 Å². The molecule has 1 aromatic heterocycles. The zero-order chi connectivity index (χ0) is 17.4. The van der Waals surface area contributed by atoms with Crippen LogP contribution in [0.2, 0.25) is 0 Å². The van der Waals surface area contributed by atoms with E-state index >= 15 is 0 Å². The molecule has 2 aliphatic rings. The average Bonchev–Trinajstić information content (AvgIpc) is 2.82. The molecule has 0 bridgehead atoms. The molecule has 128 valence electrons. The van der Waals surface area contributed by atoms with E-state index in [1.807, 2.05) is 0 Å². The summed E-state index contributed by atoms with van der Waals surface area (Å²) in [5, 5.41) is 0. The number of hydrogen-bond acceptors (Lipinski definition) is 6. The molecule has 0 spiro atoms. The number of imide groups is 1. The van der Waals surface area contributed by atoms with E-state index < -0.39 is 6.09 Å². The first-order valence-corrected chi connectivity index (χ1v) is 7.64. The lowest BCUT2D eigenvalue weighted by Gasteiger charge is -2.40. The highest BCUT2D eigenvalue weighted by atomic mass is 16.6. The van der Waals surface area contributed by atoms with E-state index in [-0.39, 0.29) is 43.0 Å². The number of aromatic nitrogens is 2. The third-order valence-corrected chi connectivity index (χ3v) is 4.41. The Morgan fingerprint density at radius 1 is 1.29 bits per heavy atom. The predicted molar refractivity (Wildman–Crippen MR) is 81.1 cm³/mol. The lowest BCUT2D eigenvalue weighted by atomic mass is 9.99. The van der Waals surface area contributed by atoms with Crippen LogP contribution < -0.4 is 5.56 Å². The molecular weight excluding hydrogens is 316 g/mol. The molecule has 2 fully saturated rings. The van der Waals surface area contributed by atoms with Crippen molar-refractivity contribution in [3.63, 3.8) is 0 Å². The van der Waals surface area contributed by atoms with E-state index in [2.05, 4.69) is 9.72 Å². The second kappa shape index (κ2) is 6.06. The van der Waals surface area contributed by atoms with Crippen LogP contribution in [0.4, 0.5) is 4.79 Å². The lowest BCUT2D eigenvalue weighted by Crippen LogP contribution is -2.55. The van der Waals surface area contributed by atoms with E-state index in [1.54, 1.807) is 18.7 Å². The summed E-state index contributed by atoms with van der Waals surface area (Å²) in [5.74, 6) is -0.496. The third-order valence-electron chi connectivity index (χ3n) is 4.41.